The fourth-order valence-corrected chi connectivity index (χ4v) is 2.29. The predicted octanol–water partition coefficient (Wildman–Crippen LogP) is 4.22. The smallest absolute Gasteiger partial charge is 0.374 e. The van der Waals surface area contributed by atoms with Crippen molar-refractivity contribution in [3.63, 3.8) is 0 Å². The molecule has 2 aromatic rings. The van der Waals surface area contributed by atoms with E-state index in [9.17, 15) is 13.2 Å². The first-order valence-corrected chi connectivity index (χ1v) is 5.59. The number of rotatable bonds is 1. The van der Waals surface area contributed by atoms with Gasteiger partial charge in [-0.25, -0.2) is 0 Å². The van der Waals surface area contributed by atoms with E-state index in [0.29, 0.717) is 0 Å². The third-order valence-corrected chi connectivity index (χ3v) is 3.15. The average Bonchev–Trinajstić information content (AvgIpc) is 2.30. The molecule has 0 amide bonds. The standard InChI is InChI=1S/C14H10F3N/c15-14(16,17)11-7-3-1-5-9(11)13-10-6-2-4-8-12(10)18-13/h1-8,13,18H. The number of para-hydroxylation sites is 1. The Labute approximate surface area is 102 Å². The van der Waals surface area contributed by atoms with Gasteiger partial charge in [-0.1, -0.05) is 36.4 Å². The summed E-state index contributed by atoms with van der Waals surface area (Å²) in [7, 11) is 0. The fourth-order valence-electron chi connectivity index (χ4n) is 2.29. The van der Waals surface area contributed by atoms with Gasteiger partial charge in [0.2, 0.25) is 0 Å². The highest BCUT2D eigenvalue weighted by atomic mass is 19.4. The molecule has 1 heterocycles. The number of fused-ring (bicyclic) bond motifs is 1. The van der Waals surface area contributed by atoms with Crippen LogP contribution in [-0.2, 0) is 6.18 Å². The van der Waals surface area contributed by atoms with E-state index in [2.05, 4.69) is 5.32 Å². The van der Waals surface area contributed by atoms with E-state index < -0.39 is 11.7 Å². The maximum atomic E-state index is 12.9. The minimum atomic E-state index is -4.32. The Morgan fingerprint density at radius 1 is 0.833 bits per heavy atom. The van der Waals surface area contributed by atoms with Crippen LogP contribution in [0, 0.1) is 0 Å². The second kappa shape index (κ2) is 3.77. The first-order chi connectivity index (χ1) is 8.57. The summed E-state index contributed by atoms with van der Waals surface area (Å²) < 4.78 is 38.8. The number of nitrogens with one attached hydrogen (secondary N) is 1. The van der Waals surface area contributed by atoms with Gasteiger partial charge >= 0.3 is 6.18 Å². The van der Waals surface area contributed by atoms with Crippen LogP contribution in [0.3, 0.4) is 0 Å². The molecule has 0 aromatic heterocycles. The van der Waals surface area contributed by atoms with E-state index in [1.165, 1.54) is 12.1 Å². The van der Waals surface area contributed by atoms with Gasteiger partial charge in [0.05, 0.1) is 11.6 Å². The summed E-state index contributed by atoms with van der Waals surface area (Å²) in [6.07, 6.45) is -4.32. The number of anilines is 1. The van der Waals surface area contributed by atoms with Crippen molar-refractivity contribution in [2.45, 2.75) is 12.2 Å². The van der Waals surface area contributed by atoms with Crippen LogP contribution in [0.1, 0.15) is 22.7 Å². The third-order valence-electron chi connectivity index (χ3n) is 3.15. The lowest BCUT2D eigenvalue weighted by Crippen LogP contribution is -2.26. The molecule has 0 fully saturated rings. The van der Waals surface area contributed by atoms with Gasteiger partial charge in [0, 0.05) is 11.3 Å². The molecule has 1 aliphatic rings. The lowest BCUT2D eigenvalue weighted by atomic mass is 9.87. The summed E-state index contributed by atoms with van der Waals surface area (Å²) in [6, 6.07) is 12.7. The molecule has 0 aliphatic carbocycles. The molecule has 1 aliphatic heterocycles. The van der Waals surface area contributed by atoms with Crippen molar-refractivity contribution in [1.29, 1.82) is 0 Å². The Balaban J connectivity index is 2.06. The summed E-state index contributed by atoms with van der Waals surface area (Å²) in [5.74, 6) is 0. The highest BCUT2D eigenvalue weighted by Gasteiger charge is 2.37. The Bertz CT molecular complexity index is 590. The molecule has 0 spiro atoms. The van der Waals surface area contributed by atoms with Crippen molar-refractivity contribution >= 4 is 5.69 Å². The predicted molar refractivity (Wildman–Crippen MR) is 63.4 cm³/mol. The van der Waals surface area contributed by atoms with Crippen LogP contribution in [0.4, 0.5) is 18.9 Å². The number of benzene rings is 2. The summed E-state index contributed by atoms with van der Waals surface area (Å²) in [5.41, 5.74) is 1.52. The average molecular weight is 249 g/mol. The highest BCUT2D eigenvalue weighted by molar-refractivity contribution is 5.67. The molecule has 1 nitrogen and oxygen atoms in total. The van der Waals surface area contributed by atoms with Crippen LogP contribution in [-0.4, -0.2) is 0 Å². The Hall–Kier alpha value is -1.97. The minimum Gasteiger partial charge on any atom is -0.374 e. The Morgan fingerprint density at radius 2 is 1.44 bits per heavy atom. The molecule has 0 saturated carbocycles. The van der Waals surface area contributed by atoms with E-state index >= 15 is 0 Å². The van der Waals surface area contributed by atoms with Gasteiger partial charge in [0.15, 0.2) is 0 Å². The van der Waals surface area contributed by atoms with Crippen LogP contribution in [0.15, 0.2) is 48.5 Å². The molecule has 1 unspecified atom stereocenters. The van der Waals surface area contributed by atoms with Crippen molar-refractivity contribution in [1.82, 2.24) is 0 Å². The quantitative estimate of drug-likeness (QED) is 0.797. The molecule has 4 heteroatoms. The monoisotopic (exact) mass is 249 g/mol. The molecule has 2 aromatic carbocycles. The zero-order chi connectivity index (χ0) is 12.8. The van der Waals surface area contributed by atoms with Gasteiger partial charge in [-0.15, -0.1) is 0 Å². The fraction of sp³-hybridized carbons (Fsp3) is 0.143. The van der Waals surface area contributed by atoms with Crippen molar-refractivity contribution in [3.8, 4) is 0 Å². The van der Waals surface area contributed by atoms with E-state index in [1.54, 1.807) is 6.07 Å². The molecule has 92 valence electrons. The summed E-state index contributed by atoms with van der Waals surface area (Å²) in [5, 5.41) is 3.05. The maximum Gasteiger partial charge on any atom is 0.416 e. The number of alkyl halides is 3. The summed E-state index contributed by atoms with van der Waals surface area (Å²) in [4.78, 5) is 0. The molecule has 3 rings (SSSR count). The van der Waals surface area contributed by atoms with E-state index in [0.717, 1.165) is 17.3 Å². The van der Waals surface area contributed by atoms with E-state index in [-0.39, 0.29) is 11.6 Å². The van der Waals surface area contributed by atoms with Crippen LogP contribution < -0.4 is 5.32 Å². The SMILES string of the molecule is FC(F)(F)c1ccccc1C1Nc2ccccc21. The Morgan fingerprint density at radius 3 is 2.11 bits per heavy atom. The van der Waals surface area contributed by atoms with Crippen molar-refractivity contribution < 1.29 is 13.2 Å². The molecule has 0 saturated heterocycles. The van der Waals surface area contributed by atoms with Gasteiger partial charge in [0.25, 0.3) is 0 Å². The molecule has 1 N–H and O–H groups in total. The van der Waals surface area contributed by atoms with Gasteiger partial charge in [0.1, 0.15) is 0 Å². The summed E-state index contributed by atoms with van der Waals surface area (Å²) in [6.45, 7) is 0. The topological polar surface area (TPSA) is 12.0 Å². The van der Waals surface area contributed by atoms with Crippen LogP contribution in [0.2, 0.25) is 0 Å². The maximum absolute atomic E-state index is 12.9. The third kappa shape index (κ3) is 1.65. The molecular formula is C14H10F3N. The van der Waals surface area contributed by atoms with Gasteiger partial charge in [-0.3, -0.25) is 0 Å². The first kappa shape index (κ1) is 11.1. The molecule has 0 radical (unpaired) electrons. The zero-order valence-corrected chi connectivity index (χ0v) is 9.33. The second-order valence-electron chi connectivity index (χ2n) is 4.25. The number of hydrogen-bond donors (Lipinski definition) is 1. The second-order valence-corrected chi connectivity index (χ2v) is 4.25. The molecule has 18 heavy (non-hydrogen) atoms. The largest absolute Gasteiger partial charge is 0.416 e. The zero-order valence-electron chi connectivity index (χ0n) is 9.33. The van der Waals surface area contributed by atoms with Crippen molar-refractivity contribution in [2.75, 3.05) is 5.32 Å². The van der Waals surface area contributed by atoms with Crippen LogP contribution >= 0.6 is 0 Å². The lowest BCUT2D eigenvalue weighted by Gasteiger charge is -2.34. The van der Waals surface area contributed by atoms with Crippen molar-refractivity contribution in [2.24, 2.45) is 0 Å². The molecule has 0 bridgehead atoms. The lowest BCUT2D eigenvalue weighted by molar-refractivity contribution is -0.138. The van der Waals surface area contributed by atoms with Crippen molar-refractivity contribution in [3.05, 3.63) is 65.2 Å². The minimum absolute atomic E-state index is 0.281. The van der Waals surface area contributed by atoms with Gasteiger partial charge in [-0.05, 0) is 17.7 Å². The molecular weight excluding hydrogens is 239 g/mol. The van der Waals surface area contributed by atoms with Crippen LogP contribution in [0.25, 0.3) is 0 Å². The highest BCUT2D eigenvalue weighted by Crippen LogP contribution is 2.44. The van der Waals surface area contributed by atoms with E-state index in [1.807, 2.05) is 24.3 Å². The summed E-state index contributed by atoms with van der Waals surface area (Å²) >= 11 is 0. The molecule has 1 atom stereocenters. The van der Waals surface area contributed by atoms with Gasteiger partial charge in [-0.2, -0.15) is 13.2 Å². The Kier molecular flexibility index (Phi) is 2.33. The van der Waals surface area contributed by atoms with Crippen LogP contribution in [0.5, 0.6) is 0 Å². The van der Waals surface area contributed by atoms with Gasteiger partial charge < -0.3 is 5.32 Å². The number of hydrogen-bond acceptors (Lipinski definition) is 1. The van der Waals surface area contributed by atoms with E-state index in [4.69, 9.17) is 0 Å². The number of halogens is 3. The normalized spacial score (nSPS) is 17.6. The first-order valence-electron chi connectivity index (χ1n) is 5.59.